The maximum Gasteiger partial charge on any atom is 0.269 e. The topological polar surface area (TPSA) is 61.4 Å². The van der Waals surface area contributed by atoms with Crippen molar-refractivity contribution in [3.05, 3.63) is 65.5 Å². The van der Waals surface area contributed by atoms with Gasteiger partial charge in [-0.05, 0) is 48.7 Å². The van der Waals surface area contributed by atoms with E-state index in [9.17, 15) is 14.0 Å². The molecule has 1 fully saturated rings. The molecule has 2 amide bonds. The first-order chi connectivity index (χ1) is 12.9. The fourth-order valence-corrected chi connectivity index (χ4v) is 3.64. The maximum atomic E-state index is 13.7. The van der Waals surface area contributed by atoms with Crippen LogP contribution in [0.4, 0.5) is 10.1 Å². The molecule has 0 aliphatic heterocycles. The molecule has 0 aromatic heterocycles. The van der Waals surface area contributed by atoms with Crippen LogP contribution in [0.25, 0.3) is 0 Å². The Labute approximate surface area is 158 Å². The molecule has 1 saturated carbocycles. The van der Waals surface area contributed by atoms with Crippen LogP contribution in [0.3, 0.4) is 0 Å². The summed E-state index contributed by atoms with van der Waals surface area (Å²) in [5.41, 5.74) is 6.25. The lowest BCUT2D eigenvalue weighted by molar-refractivity contribution is -0.127. The molecule has 5 nitrogen and oxygen atoms in total. The van der Waals surface area contributed by atoms with E-state index in [0.717, 1.165) is 18.5 Å². The van der Waals surface area contributed by atoms with Gasteiger partial charge in [-0.15, -0.1) is 0 Å². The number of rotatable bonds is 4. The summed E-state index contributed by atoms with van der Waals surface area (Å²) in [5.74, 6) is -1.06. The summed E-state index contributed by atoms with van der Waals surface area (Å²) in [6.45, 7) is 0. The van der Waals surface area contributed by atoms with Gasteiger partial charge in [-0.1, -0.05) is 31.0 Å². The summed E-state index contributed by atoms with van der Waals surface area (Å²) in [5, 5.41) is 0. The van der Waals surface area contributed by atoms with Crippen molar-refractivity contribution < 1.29 is 14.0 Å². The fraction of sp³-hybridized carbons (Fsp3) is 0.333. The van der Waals surface area contributed by atoms with Crippen LogP contribution in [0.5, 0.6) is 0 Å². The van der Waals surface area contributed by atoms with Crippen LogP contribution in [-0.4, -0.2) is 25.9 Å². The quantitative estimate of drug-likeness (QED) is 0.814. The van der Waals surface area contributed by atoms with Crippen molar-refractivity contribution in [2.45, 2.75) is 31.1 Å². The molecule has 3 rings (SSSR count). The minimum absolute atomic E-state index is 0.303. The number of halogens is 1. The first-order valence-corrected chi connectivity index (χ1v) is 9.07. The number of hydrogen-bond donors (Lipinski definition) is 2. The van der Waals surface area contributed by atoms with Gasteiger partial charge in [0.05, 0.1) is 5.41 Å². The molecule has 2 aromatic carbocycles. The molecule has 0 atom stereocenters. The Morgan fingerprint density at radius 1 is 1.00 bits per heavy atom. The highest BCUT2D eigenvalue weighted by atomic mass is 19.1. The molecule has 0 saturated heterocycles. The second-order valence-electron chi connectivity index (χ2n) is 7.15. The van der Waals surface area contributed by atoms with E-state index < -0.39 is 5.41 Å². The Kier molecular flexibility index (Phi) is 5.44. The van der Waals surface area contributed by atoms with E-state index in [-0.39, 0.29) is 17.6 Å². The standard InChI is InChI=1S/C21H24FN3O2/c1-25(2)18-10-5-7-15(13-18)19(26)23-24-20(27)21(11-3-4-12-21)16-8-6-9-17(22)14-16/h5-10,13-14H,3-4,11-12H2,1-2H3,(H,23,26)(H,24,27). The van der Waals surface area contributed by atoms with Crippen molar-refractivity contribution in [1.29, 1.82) is 0 Å². The van der Waals surface area contributed by atoms with Crippen LogP contribution >= 0.6 is 0 Å². The zero-order valence-electron chi connectivity index (χ0n) is 15.6. The second kappa shape index (κ2) is 7.78. The summed E-state index contributed by atoms with van der Waals surface area (Å²) in [4.78, 5) is 27.3. The van der Waals surface area contributed by atoms with E-state index in [0.29, 0.717) is 24.0 Å². The molecule has 2 N–H and O–H groups in total. The van der Waals surface area contributed by atoms with Crippen LogP contribution in [0.15, 0.2) is 48.5 Å². The summed E-state index contributed by atoms with van der Waals surface area (Å²) in [6, 6.07) is 13.3. The Balaban J connectivity index is 1.74. The Hall–Kier alpha value is -2.89. The first kappa shape index (κ1) is 18.9. The first-order valence-electron chi connectivity index (χ1n) is 9.07. The number of carbonyl (C=O) groups excluding carboxylic acids is 2. The van der Waals surface area contributed by atoms with Crippen molar-refractivity contribution >= 4 is 17.5 Å². The molecular formula is C21H24FN3O2. The number of hydrazine groups is 1. The number of hydrogen-bond acceptors (Lipinski definition) is 3. The highest BCUT2D eigenvalue weighted by Gasteiger charge is 2.43. The molecule has 0 unspecified atom stereocenters. The largest absolute Gasteiger partial charge is 0.378 e. The van der Waals surface area contributed by atoms with E-state index in [1.807, 2.05) is 25.1 Å². The third kappa shape index (κ3) is 3.94. The predicted octanol–water partition coefficient (Wildman–Crippen LogP) is 3.16. The lowest BCUT2D eigenvalue weighted by atomic mass is 9.78. The van der Waals surface area contributed by atoms with Gasteiger partial charge in [0.2, 0.25) is 5.91 Å². The smallest absolute Gasteiger partial charge is 0.269 e. The normalized spacial score (nSPS) is 15.2. The summed E-state index contributed by atoms with van der Waals surface area (Å²) < 4.78 is 13.7. The third-order valence-electron chi connectivity index (χ3n) is 5.18. The van der Waals surface area contributed by atoms with Crippen molar-refractivity contribution in [1.82, 2.24) is 10.9 Å². The SMILES string of the molecule is CN(C)c1cccc(C(=O)NNC(=O)C2(c3cccc(F)c3)CCCC2)c1. The monoisotopic (exact) mass is 369 g/mol. The molecule has 142 valence electrons. The van der Waals surface area contributed by atoms with Crippen LogP contribution in [0.1, 0.15) is 41.6 Å². The van der Waals surface area contributed by atoms with Crippen LogP contribution in [0, 0.1) is 5.82 Å². The van der Waals surface area contributed by atoms with Crippen molar-refractivity contribution in [2.24, 2.45) is 0 Å². The minimum atomic E-state index is -0.805. The zero-order chi connectivity index (χ0) is 19.4. The van der Waals surface area contributed by atoms with Crippen LogP contribution < -0.4 is 15.8 Å². The average molecular weight is 369 g/mol. The van der Waals surface area contributed by atoms with Crippen molar-refractivity contribution in [2.75, 3.05) is 19.0 Å². The molecule has 0 bridgehead atoms. The number of carbonyl (C=O) groups is 2. The van der Waals surface area contributed by atoms with Gasteiger partial charge in [0.25, 0.3) is 5.91 Å². The predicted molar refractivity (Wildman–Crippen MR) is 103 cm³/mol. The average Bonchev–Trinajstić information content (AvgIpc) is 3.17. The summed E-state index contributed by atoms with van der Waals surface area (Å²) in [7, 11) is 3.78. The second-order valence-corrected chi connectivity index (χ2v) is 7.15. The number of amides is 2. The summed E-state index contributed by atoms with van der Waals surface area (Å²) >= 11 is 0. The number of nitrogens with one attached hydrogen (secondary N) is 2. The van der Waals surface area contributed by atoms with Gasteiger partial charge in [0.15, 0.2) is 0 Å². The van der Waals surface area contributed by atoms with E-state index >= 15 is 0 Å². The van der Waals surface area contributed by atoms with Gasteiger partial charge in [-0.25, -0.2) is 4.39 Å². The lowest BCUT2D eigenvalue weighted by Gasteiger charge is -2.28. The van der Waals surface area contributed by atoms with Gasteiger partial charge < -0.3 is 4.90 Å². The van der Waals surface area contributed by atoms with Gasteiger partial charge in [0.1, 0.15) is 5.82 Å². The molecule has 2 aromatic rings. The summed E-state index contributed by atoms with van der Waals surface area (Å²) in [6.07, 6.45) is 3.05. The fourth-order valence-electron chi connectivity index (χ4n) is 3.64. The Bertz CT molecular complexity index is 845. The number of anilines is 1. The van der Waals surface area contributed by atoms with E-state index in [2.05, 4.69) is 10.9 Å². The molecule has 6 heteroatoms. The van der Waals surface area contributed by atoms with Gasteiger partial charge in [-0.3, -0.25) is 20.4 Å². The maximum absolute atomic E-state index is 13.7. The van der Waals surface area contributed by atoms with Gasteiger partial charge in [-0.2, -0.15) is 0 Å². The third-order valence-corrected chi connectivity index (χ3v) is 5.18. The molecule has 0 spiro atoms. The number of benzene rings is 2. The van der Waals surface area contributed by atoms with Crippen molar-refractivity contribution in [3.63, 3.8) is 0 Å². The molecule has 1 aliphatic rings. The molecular weight excluding hydrogens is 345 g/mol. The highest BCUT2D eigenvalue weighted by molar-refractivity contribution is 5.97. The Morgan fingerprint density at radius 2 is 1.70 bits per heavy atom. The van der Waals surface area contributed by atoms with E-state index in [1.165, 1.54) is 12.1 Å². The molecule has 0 radical (unpaired) electrons. The van der Waals surface area contributed by atoms with Crippen LogP contribution in [0.2, 0.25) is 0 Å². The van der Waals surface area contributed by atoms with E-state index in [1.54, 1.807) is 30.3 Å². The lowest BCUT2D eigenvalue weighted by Crippen LogP contribution is -2.50. The number of nitrogens with zero attached hydrogens (tertiary/aromatic N) is 1. The molecule has 27 heavy (non-hydrogen) atoms. The highest BCUT2D eigenvalue weighted by Crippen LogP contribution is 2.41. The van der Waals surface area contributed by atoms with Crippen molar-refractivity contribution in [3.8, 4) is 0 Å². The zero-order valence-corrected chi connectivity index (χ0v) is 15.6. The van der Waals surface area contributed by atoms with Gasteiger partial charge in [0, 0.05) is 25.3 Å². The van der Waals surface area contributed by atoms with E-state index in [4.69, 9.17) is 0 Å². The molecule has 1 aliphatic carbocycles. The van der Waals surface area contributed by atoms with Gasteiger partial charge >= 0.3 is 0 Å². The molecule has 0 heterocycles. The minimum Gasteiger partial charge on any atom is -0.378 e. The van der Waals surface area contributed by atoms with Crippen LogP contribution in [-0.2, 0) is 10.2 Å². The Morgan fingerprint density at radius 3 is 2.37 bits per heavy atom.